The summed E-state index contributed by atoms with van der Waals surface area (Å²) < 4.78 is 0. The smallest absolute Gasteiger partial charge is 0.0135 e. The first-order valence-electron chi connectivity index (χ1n) is 6.98. The molecule has 1 N–H and O–H groups in total. The maximum Gasteiger partial charge on any atom is 0.0135 e. The van der Waals surface area contributed by atoms with E-state index in [1.54, 1.807) is 0 Å². The molecule has 0 aliphatic heterocycles. The van der Waals surface area contributed by atoms with Crippen molar-refractivity contribution < 1.29 is 0 Å². The Kier molecular flexibility index (Phi) is 5.77. The van der Waals surface area contributed by atoms with Crippen molar-refractivity contribution in [2.75, 3.05) is 20.1 Å². The Labute approximate surface area is 102 Å². The highest BCUT2D eigenvalue weighted by molar-refractivity contribution is 4.90. The van der Waals surface area contributed by atoms with Crippen LogP contribution in [-0.2, 0) is 0 Å². The van der Waals surface area contributed by atoms with Crippen molar-refractivity contribution in [1.82, 2.24) is 10.2 Å². The Hall–Kier alpha value is -0.0800. The van der Waals surface area contributed by atoms with E-state index in [0.717, 1.165) is 30.5 Å². The zero-order chi connectivity index (χ0) is 12.1. The maximum absolute atomic E-state index is 3.60. The number of nitrogens with zero attached hydrogens (tertiary/aromatic N) is 1. The molecule has 0 aromatic carbocycles. The molecule has 1 aliphatic rings. The van der Waals surface area contributed by atoms with Crippen LogP contribution in [0.1, 0.15) is 47.0 Å². The average molecular weight is 226 g/mol. The molecule has 1 saturated carbocycles. The van der Waals surface area contributed by atoms with Crippen LogP contribution in [0.25, 0.3) is 0 Å². The fourth-order valence-corrected chi connectivity index (χ4v) is 2.50. The Balaban J connectivity index is 2.24. The Morgan fingerprint density at radius 2 is 1.94 bits per heavy atom. The molecule has 0 spiro atoms. The van der Waals surface area contributed by atoms with Crippen molar-refractivity contribution in [1.29, 1.82) is 0 Å². The van der Waals surface area contributed by atoms with Crippen LogP contribution in [0.15, 0.2) is 0 Å². The van der Waals surface area contributed by atoms with Crippen LogP contribution < -0.4 is 5.32 Å². The fraction of sp³-hybridized carbons (Fsp3) is 1.00. The molecule has 0 aromatic rings. The Morgan fingerprint density at radius 1 is 1.25 bits per heavy atom. The van der Waals surface area contributed by atoms with Crippen molar-refractivity contribution in [2.45, 2.75) is 59.0 Å². The largest absolute Gasteiger partial charge is 0.316 e. The van der Waals surface area contributed by atoms with Gasteiger partial charge in [0.05, 0.1) is 0 Å². The molecule has 2 heteroatoms. The molecule has 3 atom stereocenters. The van der Waals surface area contributed by atoms with Crippen LogP contribution in [-0.4, -0.2) is 37.1 Å². The van der Waals surface area contributed by atoms with Gasteiger partial charge in [-0.25, -0.2) is 0 Å². The first-order chi connectivity index (χ1) is 7.56. The highest BCUT2D eigenvalue weighted by Gasteiger charge is 2.34. The SMILES string of the molecule is CCC(C)N(C)C1CCC1CNCC(C)C. The quantitative estimate of drug-likeness (QED) is 0.718. The van der Waals surface area contributed by atoms with E-state index < -0.39 is 0 Å². The Bertz CT molecular complexity index is 191. The minimum absolute atomic E-state index is 0.734. The van der Waals surface area contributed by atoms with E-state index in [-0.39, 0.29) is 0 Å². The molecule has 1 aliphatic carbocycles. The third-order valence-electron chi connectivity index (χ3n) is 4.15. The van der Waals surface area contributed by atoms with E-state index in [2.05, 4.69) is 45.0 Å². The summed E-state index contributed by atoms with van der Waals surface area (Å²) >= 11 is 0. The number of rotatable bonds is 7. The minimum Gasteiger partial charge on any atom is -0.316 e. The van der Waals surface area contributed by atoms with Gasteiger partial charge in [0, 0.05) is 12.1 Å². The molecule has 1 rings (SSSR count). The molecule has 0 aromatic heterocycles. The van der Waals surface area contributed by atoms with E-state index in [9.17, 15) is 0 Å². The maximum atomic E-state index is 3.60. The zero-order valence-corrected chi connectivity index (χ0v) is 11.8. The number of hydrogen-bond acceptors (Lipinski definition) is 2. The van der Waals surface area contributed by atoms with Crippen LogP contribution >= 0.6 is 0 Å². The lowest BCUT2D eigenvalue weighted by Gasteiger charge is -2.45. The third-order valence-corrected chi connectivity index (χ3v) is 4.15. The predicted octanol–water partition coefficient (Wildman–Crippen LogP) is 2.74. The molecule has 1 fully saturated rings. The predicted molar refractivity (Wildman–Crippen MR) is 71.7 cm³/mol. The topological polar surface area (TPSA) is 15.3 Å². The third kappa shape index (κ3) is 3.74. The second-order valence-electron chi connectivity index (χ2n) is 5.88. The highest BCUT2D eigenvalue weighted by atomic mass is 15.2. The first-order valence-corrected chi connectivity index (χ1v) is 6.98. The van der Waals surface area contributed by atoms with Gasteiger partial charge in [-0.3, -0.25) is 0 Å². The molecular formula is C14H30N2. The lowest BCUT2D eigenvalue weighted by Crippen LogP contribution is -2.51. The summed E-state index contributed by atoms with van der Waals surface area (Å²) in [6.45, 7) is 11.6. The van der Waals surface area contributed by atoms with Crippen LogP contribution in [0.5, 0.6) is 0 Å². The van der Waals surface area contributed by atoms with Crippen LogP contribution in [0.4, 0.5) is 0 Å². The second-order valence-corrected chi connectivity index (χ2v) is 5.88. The van der Waals surface area contributed by atoms with Crippen molar-refractivity contribution in [3.05, 3.63) is 0 Å². The van der Waals surface area contributed by atoms with Gasteiger partial charge < -0.3 is 10.2 Å². The van der Waals surface area contributed by atoms with Gasteiger partial charge in [-0.2, -0.15) is 0 Å². The van der Waals surface area contributed by atoms with Gasteiger partial charge in [0.25, 0.3) is 0 Å². The average Bonchev–Trinajstić information content (AvgIpc) is 2.21. The van der Waals surface area contributed by atoms with E-state index in [4.69, 9.17) is 0 Å². The van der Waals surface area contributed by atoms with Gasteiger partial charge in [-0.05, 0) is 58.2 Å². The summed E-state index contributed by atoms with van der Waals surface area (Å²) in [7, 11) is 2.30. The first kappa shape index (κ1) is 14.0. The summed E-state index contributed by atoms with van der Waals surface area (Å²) in [6, 6.07) is 1.56. The molecule has 2 nitrogen and oxygen atoms in total. The minimum atomic E-state index is 0.734. The molecule has 0 amide bonds. The lowest BCUT2D eigenvalue weighted by atomic mass is 9.78. The lowest BCUT2D eigenvalue weighted by molar-refractivity contribution is 0.0537. The van der Waals surface area contributed by atoms with Crippen molar-refractivity contribution in [3.8, 4) is 0 Å². The van der Waals surface area contributed by atoms with Crippen LogP contribution in [0.2, 0.25) is 0 Å². The van der Waals surface area contributed by atoms with Gasteiger partial charge in [0.2, 0.25) is 0 Å². The van der Waals surface area contributed by atoms with Crippen LogP contribution in [0.3, 0.4) is 0 Å². The van der Waals surface area contributed by atoms with Crippen molar-refractivity contribution >= 4 is 0 Å². The molecule has 16 heavy (non-hydrogen) atoms. The van der Waals surface area contributed by atoms with Gasteiger partial charge >= 0.3 is 0 Å². The van der Waals surface area contributed by atoms with E-state index in [1.807, 2.05) is 0 Å². The van der Waals surface area contributed by atoms with E-state index in [1.165, 1.54) is 25.8 Å². The van der Waals surface area contributed by atoms with E-state index in [0.29, 0.717) is 0 Å². The fourth-order valence-electron chi connectivity index (χ4n) is 2.50. The summed E-state index contributed by atoms with van der Waals surface area (Å²) in [5, 5.41) is 3.60. The van der Waals surface area contributed by atoms with Gasteiger partial charge in [0.15, 0.2) is 0 Å². The zero-order valence-electron chi connectivity index (χ0n) is 11.8. The summed E-state index contributed by atoms with van der Waals surface area (Å²) in [5.74, 6) is 1.66. The van der Waals surface area contributed by atoms with Gasteiger partial charge in [-0.1, -0.05) is 20.8 Å². The number of hydrogen-bond donors (Lipinski definition) is 1. The molecule has 0 heterocycles. The van der Waals surface area contributed by atoms with Crippen molar-refractivity contribution in [2.24, 2.45) is 11.8 Å². The normalized spacial score (nSPS) is 27.2. The second kappa shape index (κ2) is 6.61. The Morgan fingerprint density at radius 3 is 2.38 bits per heavy atom. The number of nitrogens with one attached hydrogen (secondary N) is 1. The highest BCUT2D eigenvalue weighted by Crippen LogP contribution is 2.32. The molecule has 3 unspecified atom stereocenters. The molecule has 96 valence electrons. The standard InChI is InChI=1S/C14H30N2/c1-6-12(4)16(5)14-8-7-13(14)10-15-9-11(2)3/h11-15H,6-10H2,1-5H3. The van der Waals surface area contributed by atoms with E-state index >= 15 is 0 Å². The molecule has 0 saturated heterocycles. The van der Waals surface area contributed by atoms with Gasteiger partial charge in [0.1, 0.15) is 0 Å². The molecule has 0 radical (unpaired) electrons. The summed E-state index contributed by atoms with van der Waals surface area (Å²) in [5.41, 5.74) is 0. The summed E-state index contributed by atoms with van der Waals surface area (Å²) in [6.07, 6.45) is 4.07. The molecule has 0 bridgehead atoms. The molecular weight excluding hydrogens is 196 g/mol. The van der Waals surface area contributed by atoms with Crippen molar-refractivity contribution in [3.63, 3.8) is 0 Å². The monoisotopic (exact) mass is 226 g/mol. The summed E-state index contributed by atoms with van der Waals surface area (Å²) in [4.78, 5) is 2.59. The van der Waals surface area contributed by atoms with Gasteiger partial charge in [-0.15, -0.1) is 0 Å². The van der Waals surface area contributed by atoms with Crippen LogP contribution in [0, 0.1) is 11.8 Å².